The zero-order valence-corrected chi connectivity index (χ0v) is 12.6. The normalized spacial score (nSPS) is 21.8. The molecular weight excluding hydrogens is 262 g/mol. The van der Waals surface area contributed by atoms with Gasteiger partial charge < -0.3 is 5.32 Å². The molecule has 0 bridgehead atoms. The highest BCUT2D eigenvalue weighted by Gasteiger charge is 2.39. The van der Waals surface area contributed by atoms with Gasteiger partial charge in [-0.25, -0.2) is 4.68 Å². The highest BCUT2D eigenvalue weighted by Crippen LogP contribution is 2.34. The lowest BCUT2D eigenvalue weighted by atomic mass is 9.90. The van der Waals surface area contributed by atoms with Gasteiger partial charge in [0.25, 0.3) is 0 Å². The second-order valence-corrected chi connectivity index (χ2v) is 5.86. The fourth-order valence-electron chi connectivity index (χ4n) is 3.21. The maximum absolute atomic E-state index is 4.36. The van der Waals surface area contributed by atoms with Crippen LogP contribution in [0.3, 0.4) is 0 Å². The van der Waals surface area contributed by atoms with Crippen LogP contribution in [-0.2, 0) is 12.1 Å². The number of unbranched alkanes of at least 4 members (excludes halogenated alkanes) is 1. The molecule has 1 saturated heterocycles. The van der Waals surface area contributed by atoms with Crippen molar-refractivity contribution >= 4 is 0 Å². The number of hydrogen-bond donors (Lipinski definition) is 1. The van der Waals surface area contributed by atoms with Gasteiger partial charge in [-0.3, -0.25) is 0 Å². The molecule has 3 rings (SSSR count). The van der Waals surface area contributed by atoms with Crippen molar-refractivity contribution in [1.29, 1.82) is 0 Å². The zero-order chi connectivity index (χ0) is 14.5. The Bertz CT molecular complexity index is 557. The van der Waals surface area contributed by atoms with Gasteiger partial charge >= 0.3 is 0 Å². The molecule has 0 aliphatic carbocycles. The summed E-state index contributed by atoms with van der Waals surface area (Å²) < 4.78 is 1.96. The van der Waals surface area contributed by atoms with Crippen LogP contribution in [0.25, 0.3) is 0 Å². The number of nitrogens with zero attached hydrogens (tertiary/aromatic N) is 4. The van der Waals surface area contributed by atoms with Crippen LogP contribution in [0.4, 0.5) is 0 Å². The molecule has 1 aliphatic rings. The van der Waals surface area contributed by atoms with Gasteiger partial charge in [-0.2, -0.15) is 0 Å². The van der Waals surface area contributed by atoms with E-state index < -0.39 is 0 Å². The van der Waals surface area contributed by atoms with E-state index in [0.29, 0.717) is 0 Å². The summed E-state index contributed by atoms with van der Waals surface area (Å²) in [7, 11) is 0. The number of hydrogen-bond acceptors (Lipinski definition) is 4. The third-order valence-electron chi connectivity index (χ3n) is 4.34. The minimum atomic E-state index is -0.0334. The molecule has 1 fully saturated rings. The Kier molecular flexibility index (Phi) is 4.29. The van der Waals surface area contributed by atoms with Crippen molar-refractivity contribution in [2.75, 3.05) is 6.54 Å². The number of benzene rings is 1. The first-order valence-corrected chi connectivity index (χ1v) is 7.90. The number of tetrazole rings is 1. The summed E-state index contributed by atoms with van der Waals surface area (Å²) in [5, 5.41) is 16.2. The summed E-state index contributed by atoms with van der Waals surface area (Å²) in [5.74, 6) is 0.998. The Morgan fingerprint density at radius 1 is 1.29 bits per heavy atom. The summed E-state index contributed by atoms with van der Waals surface area (Å²) in [6.07, 6.45) is 5.83. The average Bonchev–Trinajstić information content (AvgIpc) is 3.16. The quantitative estimate of drug-likeness (QED) is 0.886. The van der Waals surface area contributed by atoms with Crippen LogP contribution in [0.2, 0.25) is 0 Å². The van der Waals surface area contributed by atoms with Crippen LogP contribution in [0.1, 0.15) is 50.4 Å². The van der Waals surface area contributed by atoms with Crippen LogP contribution in [0, 0.1) is 0 Å². The van der Waals surface area contributed by atoms with Crippen LogP contribution in [0.15, 0.2) is 30.3 Å². The number of rotatable bonds is 6. The van der Waals surface area contributed by atoms with Gasteiger partial charge in [0.2, 0.25) is 0 Å². The van der Waals surface area contributed by atoms with Crippen molar-refractivity contribution in [2.45, 2.75) is 51.1 Å². The Balaban J connectivity index is 1.86. The summed E-state index contributed by atoms with van der Waals surface area (Å²) >= 11 is 0. The van der Waals surface area contributed by atoms with Crippen molar-refractivity contribution in [3.8, 4) is 0 Å². The van der Waals surface area contributed by atoms with Crippen molar-refractivity contribution in [3.63, 3.8) is 0 Å². The molecule has 112 valence electrons. The van der Waals surface area contributed by atoms with Gasteiger partial charge in [0.1, 0.15) is 0 Å². The molecule has 5 nitrogen and oxygen atoms in total. The van der Waals surface area contributed by atoms with Gasteiger partial charge in [0, 0.05) is 0 Å². The predicted molar refractivity (Wildman–Crippen MR) is 81.8 cm³/mol. The molecule has 1 aromatic heterocycles. The SMILES string of the molecule is CCCCC1(c2nnnn2Cc2ccccc2)CCCN1. The highest BCUT2D eigenvalue weighted by molar-refractivity contribution is 5.16. The van der Waals surface area contributed by atoms with Gasteiger partial charge in [-0.15, -0.1) is 5.10 Å². The van der Waals surface area contributed by atoms with Crippen LogP contribution < -0.4 is 5.32 Å². The molecule has 21 heavy (non-hydrogen) atoms. The van der Waals surface area contributed by atoms with Crippen molar-refractivity contribution in [1.82, 2.24) is 25.5 Å². The minimum absolute atomic E-state index is 0.0334. The van der Waals surface area contributed by atoms with Crippen molar-refractivity contribution < 1.29 is 0 Å². The third-order valence-corrected chi connectivity index (χ3v) is 4.34. The molecule has 1 aliphatic heterocycles. The van der Waals surface area contributed by atoms with E-state index in [1.165, 1.54) is 24.8 Å². The lowest BCUT2D eigenvalue weighted by Gasteiger charge is -2.28. The lowest BCUT2D eigenvalue weighted by Crippen LogP contribution is -2.39. The average molecular weight is 285 g/mol. The largest absolute Gasteiger partial charge is 0.305 e. The monoisotopic (exact) mass is 285 g/mol. The van der Waals surface area contributed by atoms with E-state index in [-0.39, 0.29) is 5.54 Å². The Morgan fingerprint density at radius 2 is 2.14 bits per heavy atom. The summed E-state index contributed by atoms with van der Waals surface area (Å²) in [4.78, 5) is 0. The summed E-state index contributed by atoms with van der Waals surface area (Å²) in [6.45, 7) is 4.02. The number of nitrogens with one attached hydrogen (secondary N) is 1. The molecule has 0 amide bonds. The van der Waals surface area contributed by atoms with Crippen LogP contribution in [0.5, 0.6) is 0 Å². The van der Waals surface area contributed by atoms with E-state index in [0.717, 1.165) is 31.8 Å². The summed E-state index contributed by atoms with van der Waals surface area (Å²) in [5.41, 5.74) is 1.20. The molecule has 2 heterocycles. The third kappa shape index (κ3) is 2.97. The Labute approximate surface area is 125 Å². The predicted octanol–water partition coefficient (Wildman–Crippen LogP) is 2.49. The zero-order valence-electron chi connectivity index (χ0n) is 12.6. The smallest absolute Gasteiger partial charge is 0.171 e. The standard InChI is InChI=1S/C16H23N5/c1-2-3-10-16(11-7-12-17-16)15-18-19-20-21(15)13-14-8-5-4-6-9-14/h4-6,8-9,17H,2-3,7,10-13H2,1H3. The fraction of sp³-hybridized carbons (Fsp3) is 0.562. The Morgan fingerprint density at radius 3 is 2.86 bits per heavy atom. The fourth-order valence-corrected chi connectivity index (χ4v) is 3.21. The van der Waals surface area contributed by atoms with Gasteiger partial charge in [0.15, 0.2) is 5.82 Å². The maximum atomic E-state index is 4.36. The summed E-state index contributed by atoms with van der Waals surface area (Å²) in [6, 6.07) is 10.4. The van der Waals surface area contributed by atoms with E-state index in [2.05, 4.69) is 52.0 Å². The first-order valence-electron chi connectivity index (χ1n) is 7.90. The molecule has 1 aromatic carbocycles. The topological polar surface area (TPSA) is 55.6 Å². The van der Waals surface area contributed by atoms with E-state index in [1.54, 1.807) is 0 Å². The molecule has 1 unspecified atom stereocenters. The molecule has 0 spiro atoms. The van der Waals surface area contributed by atoms with Gasteiger partial charge in [-0.1, -0.05) is 50.1 Å². The second kappa shape index (κ2) is 6.35. The van der Waals surface area contributed by atoms with E-state index >= 15 is 0 Å². The number of aromatic nitrogens is 4. The lowest BCUT2D eigenvalue weighted by molar-refractivity contribution is 0.312. The molecule has 5 heteroatoms. The van der Waals surface area contributed by atoms with Crippen LogP contribution >= 0.6 is 0 Å². The molecule has 2 aromatic rings. The van der Waals surface area contributed by atoms with Crippen molar-refractivity contribution in [2.24, 2.45) is 0 Å². The van der Waals surface area contributed by atoms with E-state index in [9.17, 15) is 0 Å². The highest BCUT2D eigenvalue weighted by atomic mass is 15.5. The van der Waals surface area contributed by atoms with E-state index in [1.807, 2.05) is 10.7 Å². The molecular formula is C16H23N5. The Hall–Kier alpha value is -1.75. The maximum Gasteiger partial charge on any atom is 0.171 e. The second-order valence-electron chi connectivity index (χ2n) is 5.86. The van der Waals surface area contributed by atoms with Gasteiger partial charge in [0.05, 0.1) is 12.1 Å². The first-order chi connectivity index (χ1) is 10.3. The first kappa shape index (κ1) is 14.2. The van der Waals surface area contributed by atoms with Crippen LogP contribution in [-0.4, -0.2) is 26.8 Å². The minimum Gasteiger partial charge on any atom is -0.305 e. The molecule has 0 radical (unpaired) electrons. The van der Waals surface area contributed by atoms with Crippen molar-refractivity contribution in [3.05, 3.63) is 41.7 Å². The van der Waals surface area contributed by atoms with E-state index in [4.69, 9.17) is 0 Å². The van der Waals surface area contributed by atoms with Gasteiger partial charge in [-0.05, 0) is 41.8 Å². The molecule has 1 atom stereocenters. The molecule has 0 saturated carbocycles. The molecule has 1 N–H and O–H groups in total.